The van der Waals surface area contributed by atoms with Crippen molar-refractivity contribution in [2.45, 2.75) is 26.8 Å². The molecule has 0 bridgehead atoms. The maximum absolute atomic E-state index is 12.1. The van der Waals surface area contributed by atoms with Crippen LogP contribution in [0.25, 0.3) is 0 Å². The molecule has 1 N–H and O–H groups in total. The molecule has 6 heteroatoms. The van der Waals surface area contributed by atoms with Crippen molar-refractivity contribution in [2.75, 3.05) is 18.1 Å². The van der Waals surface area contributed by atoms with Gasteiger partial charge in [-0.3, -0.25) is 4.79 Å². The number of carbonyl (C=O) groups excluding carboxylic acids is 1. The van der Waals surface area contributed by atoms with Gasteiger partial charge in [-0.25, -0.2) is 8.42 Å². The Hall–Kier alpha value is -2.18. The van der Waals surface area contributed by atoms with Crippen molar-refractivity contribution in [3.63, 3.8) is 0 Å². The van der Waals surface area contributed by atoms with E-state index in [4.69, 9.17) is 0 Å². The van der Waals surface area contributed by atoms with Gasteiger partial charge in [-0.15, -0.1) is 0 Å². The van der Waals surface area contributed by atoms with E-state index in [9.17, 15) is 13.2 Å². The first-order valence-corrected chi connectivity index (χ1v) is 9.96. The largest absolute Gasteiger partial charge is 0.326 e. The van der Waals surface area contributed by atoms with Crippen molar-refractivity contribution in [2.24, 2.45) is 0 Å². The standard InChI is InChI=1S/C19H24N2O3S/c1-15-7-6-10-18(13-15)20-19(22)11-12-21(25(3,23)24)14-17-9-5-4-8-16(17)2/h4-10,13H,11-12,14H2,1-3H3,(H,20,22). The third-order valence-electron chi connectivity index (χ3n) is 3.97. The number of nitrogens with zero attached hydrogens (tertiary/aromatic N) is 1. The van der Waals surface area contributed by atoms with Crippen LogP contribution in [0.2, 0.25) is 0 Å². The number of aryl methyl sites for hydroxylation is 2. The zero-order valence-corrected chi connectivity index (χ0v) is 15.6. The van der Waals surface area contributed by atoms with Crippen molar-refractivity contribution >= 4 is 21.6 Å². The summed E-state index contributed by atoms with van der Waals surface area (Å²) in [5.74, 6) is -0.205. The van der Waals surface area contributed by atoms with Gasteiger partial charge in [0.2, 0.25) is 15.9 Å². The zero-order valence-electron chi connectivity index (χ0n) is 14.8. The molecule has 0 radical (unpaired) electrons. The first kappa shape index (κ1) is 19.1. The second kappa shape index (κ2) is 8.27. The summed E-state index contributed by atoms with van der Waals surface area (Å²) >= 11 is 0. The molecular formula is C19H24N2O3S. The minimum Gasteiger partial charge on any atom is -0.326 e. The Morgan fingerprint density at radius 2 is 1.80 bits per heavy atom. The van der Waals surface area contributed by atoms with E-state index in [0.717, 1.165) is 22.4 Å². The summed E-state index contributed by atoms with van der Waals surface area (Å²) in [5, 5.41) is 2.80. The van der Waals surface area contributed by atoms with Gasteiger partial charge in [-0.05, 0) is 42.7 Å². The summed E-state index contributed by atoms with van der Waals surface area (Å²) in [4.78, 5) is 12.1. The van der Waals surface area contributed by atoms with Crippen LogP contribution >= 0.6 is 0 Å². The van der Waals surface area contributed by atoms with Crippen LogP contribution in [0.15, 0.2) is 48.5 Å². The van der Waals surface area contributed by atoms with Crippen molar-refractivity contribution in [1.82, 2.24) is 4.31 Å². The van der Waals surface area contributed by atoms with Gasteiger partial charge in [0.05, 0.1) is 6.26 Å². The average Bonchev–Trinajstić information content (AvgIpc) is 2.52. The molecule has 0 aromatic heterocycles. The van der Waals surface area contributed by atoms with Crippen molar-refractivity contribution in [1.29, 1.82) is 0 Å². The highest BCUT2D eigenvalue weighted by Crippen LogP contribution is 2.14. The summed E-state index contributed by atoms with van der Waals surface area (Å²) in [7, 11) is -3.40. The summed E-state index contributed by atoms with van der Waals surface area (Å²) in [6, 6.07) is 15.1. The second-order valence-electron chi connectivity index (χ2n) is 6.19. The lowest BCUT2D eigenvalue weighted by Crippen LogP contribution is -2.32. The monoisotopic (exact) mass is 360 g/mol. The second-order valence-corrected chi connectivity index (χ2v) is 8.17. The topological polar surface area (TPSA) is 66.5 Å². The van der Waals surface area contributed by atoms with Crippen LogP contribution < -0.4 is 5.32 Å². The highest BCUT2D eigenvalue weighted by molar-refractivity contribution is 7.88. The molecule has 0 saturated carbocycles. The molecule has 1 amide bonds. The Morgan fingerprint density at radius 3 is 2.44 bits per heavy atom. The molecule has 2 rings (SSSR count). The number of sulfonamides is 1. The number of rotatable bonds is 7. The summed E-state index contributed by atoms with van der Waals surface area (Å²) in [6.07, 6.45) is 1.27. The molecule has 0 fully saturated rings. The Balaban J connectivity index is 2.01. The van der Waals surface area contributed by atoms with Crippen LogP contribution in [-0.4, -0.2) is 31.4 Å². The molecule has 134 valence electrons. The minimum atomic E-state index is -3.40. The molecule has 2 aromatic rings. The number of hydrogen-bond acceptors (Lipinski definition) is 3. The molecule has 0 aliphatic carbocycles. The van der Waals surface area contributed by atoms with Crippen LogP contribution in [0.3, 0.4) is 0 Å². The SMILES string of the molecule is Cc1cccc(NC(=O)CCN(Cc2ccccc2C)S(C)(=O)=O)c1. The smallest absolute Gasteiger partial charge is 0.225 e. The van der Waals surface area contributed by atoms with E-state index in [2.05, 4.69) is 5.32 Å². The van der Waals surface area contributed by atoms with Gasteiger partial charge in [0.1, 0.15) is 0 Å². The molecule has 0 spiro atoms. The van der Waals surface area contributed by atoms with Gasteiger partial charge in [0.25, 0.3) is 0 Å². The highest BCUT2D eigenvalue weighted by Gasteiger charge is 2.19. The normalized spacial score (nSPS) is 11.5. The molecule has 0 unspecified atom stereocenters. The summed E-state index contributed by atoms with van der Waals surface area (Å²) < 4.78 is 25.5. The van der Waals surface area contributed by atoms with E-state index in [0.29, 0.717) is 0 Å². The van der Waals surface area contributed by atoms with Crippen LogP contribution in [0.4, 0.5) is 5.69 Å². The Morgan fingerprint density at radius 1 is 1.08 bits per heavy atom. The van der Waals surface area contributed by atoms with Crippen molar-refractivity contribution < 1.29 is 13.2 Å². The molecule has 0 saturated heterocycles. The maximum atomic E-state index is 12.1. The number of anilines is 1. The summed E-state index contributed by atoms with van der Waals surface area (Å²) in [5.41, 5.74) is 3.73. The van der Waals surface area contributed by atoms with Gasteiger partial charge >= 0.3 is 0 Å². The molecule has 5 nitrogen and oxygen atoms in total. The molecule has 2 aromatic carbocycles. The highest BCUT2D eigenvalue weighted by atomic mass is 32.2. The van der Waals surface area contributed by atoms with Crippen molar-refractivity contribution in [3.8, 4) is 0 Å². The van der Waals surface area contributed by atoms with Crippen LogP contribution in [0.1, 0.15) is 23.1 Å². The van der Waals surface area contributed by atoms with E-state index in [1.54, 1.807) is 0 Å². The first-order valence-electron chi connectivity index (χ1n) is 8.12. The Bertz CT molecular complexity index is 847. The Kier molecular flexibility index (Phi) is 6.33. The van der Waals surface area contributed by atoms with E-state index >= 15 is 0 Å². The lowest BCUT2D eigenvalue weighted by molar-refractivity contribution is -0.116. The van der Waals surface area contributed by atoms with Crippen LogP contribution in [0, 0.1) is 13.8 Å². The molecule has 0 aliphatic rings. The molecule has 25 heavy (non-hydrogen) atoms. The van der Waals surface area contributed by atoms with Gasteiger partial charge in [0, 0.05) is 25.2 Å². The van der Waals surface area contributed by atoms with E-state index < -0.39 is 10.0 Å². The fourth-order valence-electron chi connectivity index (χ4n) is 2.51. The third-order valence-corrected chi connectivity index (χ3v) is 5.22. The predicted molar refractivity (Wildman–Crippen MR) is 101 cm³/mol. The van der Waals surface area contributed by atoms with Crippen molar-refractivity contribution in [3.05, 3.63) is 65.2 Å². The number of hydrogen-bond donors (Lipinski definition) is 1. The van der Waals surface area contributed by atoms with Gasteiger partial charge in [-0.1, -0.05) is 36.4 Å². The fraction of sp³-hybridized carbons (Fsp3) is 0.316. The number of amides is 1. The minimum absolute atomic E-state index is 0.104. The molecular weight excluding hydrogens is 336 g/mol. The quantitative estimate of drug-likeness (QED) is 0.825. The maximum Gasteiger partial charge on any atom is 0.225 e. The van der Waals surface area contributed by atoms with Crippen LogP contribution in [0.5, 0.6) is 0 Å². The molecule has 0 atom stereocenters. The number of benzene rings is 2. The summed E-state index contributed by atoms with van der Waals surface area (Å²) in [6.45, 7) is 4.30. The van der Waals surface area contributed by atoms with E-state index in [1.165, 1.54) is 10.6 Å². The lowest BCUT2D eigenvalue weighted by Gasteiger charge is -2.20. The molecule has 0 heterocycles. The zero-order chi connectivity index (χ0) is 18.4. The number of nitrogens with one attached hydrogen (secondary N) is 1. The van der Waals surface area contributed by atoms with E-state index in [1.807, 2.05) is 62.4 Å². The van der Waals surface area contributed by atoms with Gasteiger partial charge in [-0.2, -0.15) is 4.31 Å². The predicted octanol–water partition coefficient (Wildman–Crippen LogP) is 3.09. The van der Waals surface area contributed by atoms with Gasteiger partial charge in [0.15, 0.2) is 0 Å². The third kappa shape index (κ3) is 5.99. The Labute approximate surface area is 149 Å². The van der Waals surface area contributed by atoms with E-state index in [-0.39, 0.29) is 25.4 Å². The van der Waals surface area contributed by atoms with Gasteiger partial charge < -0.3 is 5.32 Å². The molecule has 0 aliphatic heterocycles. The average molecular weight is 360 g/mol. The first-order chi connectivity index (χ1) is 11.8. The fourth-order valence-corrected chi connectivity index (χ4v) is 3.31. The van der Waals surface area contributed by atoms with Crippen LogP contribution in [-0.2, 0) is 21.4 Å². The number of carbonyl (C=O) groups is 1. The lowest BCUT2D eigenvalue weighted by atomic mass is 10.1.